The number of allylic oxidation sites excluding steroid dienone is 5. The van der Waals surface area contributed by atoms with Gasteiger partial charge in [-0.1, -0.05) is 136 Å². The van der Waals surface area contributed by atoms with E-state index < -0.39 is 0 Å². The Balaban J connectivity index is 0.000000429. The predicted octanol–water partition coefficient (Wildman–Crippen LogP) is 11.3. The van der Waals surface area contributed by atoms with Crippen molar-refractivity contribution in [2.45, 2.75) is 68.5 Å². The largest absolute Gasteiger partial charge is 0.366 e. The van der Waals surface area contributed by atoms with E-state index in [0.29, 0.717) is 13.0 Å². The molecule has 0 aliphatic carbocycles. The van der Waals surface area contributed by atoms with Gasteiger partial charge in [-0.25, -0.2) is 9.37 Å². The maximum Gasteiger partial charge on any atom is 0.217 e. The number of fused-ring (bicyclic) bond motifs is 1. The molecule has 54 heavy (non-hydrogen) atoms. The summed E-state index contributed by atoms with van der Waals surface area (Å²) in [6, 6.07) is 33.8. The molecule has 2 amide bonds. The fraction of sp³-hybridized carbons (Fsp3) is 0.255. The standard InChI is InChI=1S/C24H22N2.C9H10FNO.C7H10.C4H10.C3H7NO/c1-17-7-10-19(11-8-17)22-6-4-3-5-21(22)16-25-24-14-12-20-15-18(2)9-13-23(20)26-24;1-7(12)11-6-8-2-4-9(10)5-3-8;1-3-5-7-6-4-2;1-4(2)3;1-2-4-3-5/h3-15H,16H2,1-2H3,(H,25,26);2-5H,6H2,1H3,(H,11,12);3-7H,1H2,2H3;4H,1-3H3;3H,2H2,1H3,(H,4,5)/b;;6-4-,7-5-;;. The van der Waals surface area contributed by atoms with Gasteiger partial charge >= 0.3 is 0 Å². The Morgan fingerprint density at radius 1 is 0.833 bits per heavy atom. The van der Waals surface area contributed by atoms with E-state index in [1.807, 2.05) is 38.2 Å². The number of carbonyl (C=O) groups excluding carboxylic acids is 2. The van der Waals surface area contributed by atoms with Crippen LogP contribution in [0.3, 0.4) is 0 Å². The fourth-order valence-corrected chi connectivity index (χ4v) is 4.38. The number of hydrogen-bond donors (Lipinski definition) is 3. The summed E-state index contributed by atoms with van der Waals surface area (Å²) in [6.07, 6.45) is 10.2. The van der Waals surface area contributed by atoms with Gasteiger partial charge in [0.15, 0.2) is 0 Å². The van der Waals surface area contributed by atoms with Gasteiger partial charge in [0.1, 0.15) is 11.6 Å². The van der Waals surface area contributed by atoms with Crippen LogP contribution < -0.4 is 16.0 Å². The van der Waals surface area contributed by atoms with Gasteiger partial charge < -0.3 is 16.0 Å². The number of carbonyl (C=O) groups is 2. The number of benzene rings is 4. The average Bonchev–Trinajstić information content (AvgIpc) is 3.15. The highest BCUT2D eigenvalue weighted by Crippen LogP contribution is 2.25. The van der Waals surface area contributed by atoms with Gasteiger partial charge in [0, 0.05) is 31.9 Å². The zero-order valence-corrected chi connectivity index (χ0v) is 33.3. The first-order valence-electron chi connectivity index (χ1n) is 18.3. The zero-order chi connectivity index (χ0) is 40.1. The minimum atomic E-state index is -0.262. The topological polar surface area (TPSA) is 83.1 Å². The van der Waals surface area contributed by atoms with Crippen LogP contribution in [0.15, 0.2) is 140 Å². The van der Waals surface area contributed by atoms with Crippen LogP contribution in [-0.4, -0.2) is 23.8 Å². The van der Waals surface area contributed by atoms with Gasteiger partial charge in [0.05, 0.1) is 5.52 Å². The third-order valence-electron chi connectivity index (χ3n) is 6.98. The lowest BCUT2D eigenvalue weighted by Crippen LogP contribution is -2.18. The molecular weight excluding hydrogens is 672 g/mol. The maximum absolute atomic E-state index is 12.4. The number of nitrogens with zero attached hydrogens (tertiary/aromatic N) is 1. The van der Waals surface area contributed by atoms with E-state index in [4.69, 9.17) is 4.98 Å². The number of aryl methyl sites for hydroxylation is 2. The first-order chi connectivity index (χ1) is 25.9. The summed E-state index contributed by atoms with van der Waals surface area (Å²) in [5.74, 6) is 1.39. The Kier molecular flexibility index (Phi) is 23.8. The molecule has 6 nitrogen and oxygen atoms in total. The number of halogens is 1. The van der Waals surface area contributed by atoms with Gasteiger partial charge in [-0.15, -0.1) is 0 Å². The molecule has 0 aliphatic rings. The average molecular weight is 731 g/mol. The lowest BCUT2D eigenvalue weighted by atomic mass is 9.99. The monoisotopic (exact) mass is 730 g/mol. The minimum Gasteiger partial charge on any atom is -0.366 e. The molecule has 286 valence electrons. The molecule has 0 spiro atoms. The van der Waals surface area contributed by atoms with Crippen molar-refractivity contribution in [3.8, 4) is 11.1 Å². The lowest BCUT2D eigenvalue weighted by molar-refractivity contribution is -0.119. The molecule has 3 N–H and O–H groups in total. The predicted molar refractivity (Wildman–Crippen MR) is 229 cm³/mol. The van der Waals surface area contributed by atoms with E-state index in [1.165, 1.54) is 52.3 Å². The molecule has 0 bridgehead atoms. The van der Waals surface area contributed by atoms with E-state index in [9.17, 15) is 14.0 Å². The number of rotatable bonds is 10. The molecule has 4 aromatic carbocycles. The van der Waals surface area contributed by atoms with Crippen LogP contribution >= 0.6 is 0 Å². The highest BCUT2D eigenvalue weighted by molar-refractivity contribution is 5.81. The van der Waals surface area contributed by atoms with E-state index in [2.05, 4.69) is 136 Å². The van der Waals surface area contributed by atoms with Crippen LogP contribution in [0, 0.1) is 25.6 Å². The van der Waals surface area contributed by atoms with Crippen molar-refractivity contribution in [1.82, 2.24) is 15.6 Å². The number of amides is 2. The van der Waals surface area contributed by atoms with Crippen LogP contribution in [0.5, 0.6) is 0 Å². The summed E-state index contributed by atoms with van der Waals surface area (Å²) in [7, 11) is 0. The molecule has 1 aromatic heterocycles. The van der Waals surface area contributed by atoms with Crippen molar-refractivity contribution < 1.29 is 14.0 Å². The zero-order valence-electron chi connectivity index (χ0n) is 33.3. The molecule has 0 atom stereocenters. The van der Waals surface area contributed by atoms with Gasteiger partial charge in [-0.05, 0) is 92.3 Å². The van der Waals surface area contributed by atoms with Gasteiger partial charge in [0.2, 0.25) is 12.3 Å². The number of pyridine rings is 1. The Morgan fingerprint density at radius 2 is 1.48 bits per heavy atom. The van der Waals surface area contributed by atoms with Crippen LogP contribution in [0.2, 0.25) is 0 Å². The summed E-state index contributed by atoms with van der Waals surface area (Å²) in [5, 5.41) is 9.71. The second-order valence-corrected chi connectivity index (χ2v) is 12.9. The summed E-state index contributed by atoms with van der Waals surface area (Å²) in [4.78, 5) is 24.5. The molecule has 7 heteroatoms. The smallest absolute Gasteiger partial charge is 0.217 e. The summed E-state index contributed by atoms with van der Waals surface area (Å²) in [6.45, 7) is 21.5. The molecule has 0 saturated heterocycles. The molecule has 0 saturated carbocycles. The van der Waals surface area contributed by atoms with Crippen molar-refractivity contribution in [3.63, 3.8) is 0 Å². The highest BCUT2D eigenvalue weighted by Gasteiger charge is 2.06. The first kappa shape index (κ1) is 46.2. The van der Waals surface area contributed by atoms with Gasteiger partial charge in [-0.3, -0.25) is 9.59 Å². The Morgan fingerprint density at radius 3 is 2.06 bits per heavy atom. The van der Waals surface area contributed by atoms with Gasteiger partial charge in [0.25, 0.3) is 0 Å². The summed E-state index contributed by atoms with van der Waals surface area (Å²) >= 11 is 0. The highest BCUT2D eigenvalue weighted by atomic mass is 19.1. The summed E-state index contributed by atoms with van der Waals surface area (Å²) < 4.78 is 12.4. The van der Waals surface area contributed by atoms with Crippen molar-refractivity contribution in [2.75, 3.05) is 11.9 Å². The van der Waals surface area contributed by atoms with Crippen LogP contribution in [0.1, 0.15) is 63.8 Å². The third-order valence-corrected chi connectivity index (χ3v) is 6.98. The molecular formula is C47H59FN4O2. The Hall–Kier alpha value is -5.82. The number of anilines is 1. The summed E-state index contributed by atoms with van der Waals surface area (Å²) in [5.41, 5.74) is 8.22. The Labute approximate surface area is 323 Å². The molecule has 0 radical (unpaired) electrons. The normalized spacial score (nSPS) is 10.0. The first-order valence-corrected chi connectivity index (χ1v) is 18.3. The maximum atomic E-state index is 12.4. The van der Waals surface area contributed by atoms with Crippen LogP contribution in [-0.2, 0) is 22.7 Å². The van der Waals surface area contributed by atoms with Crippen molar-refractivity contribution >= 4 is 29.0 Å². The number of nitrogens with one attached hydrogen (secondary N) is 3. The lowest BCUT2D eigenvalue weighted by Gasteiger charge is -2.12. The van der Waals surface area contributed by atoms with Crippen LogP contribution in [0.4, 0.5) is 10.2 Å². The molecule has 0 aliphatic heterocycles. The van der Waals surface area contributed by atoms with E-state index >= 15 is 0 Å². The molecule has 0 fully saturated rings. The number of hydrogen-bond acceptors (Lipinski definition) is 4. The SMILES string of the molecule is C=C/C=C\C=C/C.CC(=O)NCc1ccc(F)cc1.CC(C)C.CCNC=O.Cc1ccc(-c2ccccc2CNc2ccc3cc(C)ccc3n2)cc1. The second-order valence-electron chi connectivity index (χ2n) is 12.9. The van der Waals surface area contributed by atoms with Crippen molar-refractivity contribution in [3.05, 3.63) is 168 Å². The van der Waals surface area contributed by atoms with Crippen LogP contribution in [0.25, 0.3) is 22.0 Å². The van der Waals surface area contributed by atoms with Crippen molar-refractivity contribution in [2.24, 2.45) is 5.92 Å². The van der Waals surface area contributed by atoms with Gasteiger partial charge in [-0.2, -0.15) is 0 Å². The van der Waals surface area contributed by atoms with Crippen molar-refractivity contribution in [1.29, 1.82) is 0 Å². The molecule has 5 aromatic rings. The molecule has 5 rings (SSSR count). The fourth-order valence-electron chi connectivity index (χ4n) is 4.38. The molecule has 0 unspecified atom stereocenters. The van der Waals surface area contributed by atoms with E-state index in [0.717, 1.165) is 35.9 Å². The Bertz CT molecular complexity index is 1860. The number of aromatic nitrogens is 1. The minimum absolute atomic E-state index is 0.0840. The van der Waals surface area contributed by atoms with E-state index in [-0.39, 0.29) is 11.7 Å². The second kappa shape index (κ2) is 27.8. The third kappa shape index (κ3) is 20.9. The quantitative estimate of drug-likeness (QED) is 0.0987. The molecule has 1 heterocycles. The van der Waals surface area contributed by atoms with E-state index in [1.54, 1.807) is 18.2 Å².